The molecule has 2 aromatic rings. The van der Waals surface area contributed by atoms with Crippen LogP contribution in [0.3, 0.4) is 0 Å². The van der Waals surface area contributed by atoms with Gasteiger partial charge in [-0.25, -0.2) is 0 Å². The van der Waals surface area contributed by atoms with E-state index in [9.17, 15) is 9.90 Å². The van der Waals surface area contributed by atoms with Gasteiger partial charge in [-0.1, -0.05) is 19.3 Å². The molecule has 0 unspecified atom stereocenters. The molecule has 2 heterocycles. The first kappa shape index (κ1) is 16.6. The molecule has 0 spiro atoms. The van der Waals surface area contributed by atoms with Crippen LogP contribution in [-0.2, 0) is 17.8 Å². The lowest BCUT2D eigenvalue weighted by Crippen LogP contribution is -2.35. The lowest BCUT2D eigenvalue weighted by Gasteiger charge is -2.31. The van der Waals surface area contributed by atoms with E-state index < -0.39 is 5.60 Å². The fourth-order valence-electron chi connectivity index (χ4n) is 3.22. The number of rotatable bonds is 6. The van der Waals surface area contributed by atoms with Gasteiger partial charge in [-0.2, -0.15) is 5.10 Å². The maximum absolute atomic E-state index is 12.1. The first-order chi connectivity index (χ1) is 11.6. The van der Waals surface area contributed by atoms with Crippen molar-refractivity contribution in [2.45, 2.75) is 57.1 Å². The maximum Gasteiger partial charge on any atom is 0.228 e. The fourth-order valence-corrected chi connectivity index (χ4v) is 3.22. The topological polar surface area (TPSA) is 80.0 Å². The van der Waals surface area contributed by atoms with E-state index in [4.69, 9.17) is 0 Å². The van der Waals surface area contributed by atoms with Crippen LogP contribution in [0.1, 0.15) is 44.1 Å². The lowest BCUT2D eigenvalue weighted by atomic mass is 9.82. The maximum atomic E-state index is 12.1. The van der Waals surface area contributed by atoms with Crippen LogP contribution >= 0.6 is 0 Å². The van der Waals surface area contributed by atoms with Gasteiger partial charge >= 0.3 is 0 Å². The van der Waals surface area contributed by atoms with E-state index in [2.05, 4.69) is 15.4 Å². The minimum absolute atomic E-state index is 0.150. The first-order valence-electron chi connectivity index (χ1n) is 8.58. The van der Waals surface area contributed by atoms with Gasteiger partial charge in [0.25, 0.3) is 0 Å². The van der Waals surface area contributed by atoms with E-state index in [1.54, 1.807) is 18.5 Å². The Bertz CT molecular complexity index is 663. The highest BCUT2D eigenvalue weighted by Crippen LogP contribution is 2.31. The van der Waals surface area contributed by atoms with Gasteiger partial charge in [0.15, 0.2) is 5.82 Å². The van der Waals surface area contributed by atoms with Gasteiger partial charge < -0.3 is 10.4 Å². The number of carbonyl (C=O) groups is 1. The summed E-state index contributed by atoms with van der Waals surface area (Å²) in [5.41, 5.74) is 0.359. The van der Waals surface area contributed by atoms with E-state index >= 15 is 0 Å². The number of hydrogen-bond donors (Lipinski definition) is 2. The number of pyridine rings is 1. The smallest absolute Gasteiger partial charge is 0.228 e. The van der Waals surface area contributed by atoms with Crippen molar-refractivity contribution in [2.75, 3.05) is 5.32 Å². The molecule has 128 valence electrons. The second kappa shape index (κ2) is 7.57. The molecule has 0 bridgehead atoms. The molecular weight excluding hydrogens is 304 g/mol. The van der Waals surface area contributed by atoms with Crippen LogP contribution in [0.15, 0.2) is 36.8 Å². The second-order valence-corrected chi connectivity index (χ2v) is 6.58. The van der Waals surface area contributed by atoms with E-state index in [-0.39, 0.29) is 12.3 Å². The van der Waals surface area contributed by atoms with Gasteiger partial charge in [0, 0.05) is 31.2 Å². The number of aryl methyl sites for hydroxylation is 2. The number of nitrogens with one attached hydrogen (secondary N) is 1. The molecule has 24 heavy (non-hydrogen) atoms. The van der Waals surface area contributed by atoms with Crippen molar-refractivity contribution < 1.29 is 9.90 Å². The zero-order valence-electron chi connectivity index (χ0n) is 13.8. The largest absolute Gasteiger partial charge is 0.389 e. The van der Waals surface area contributed by atoms with Crippen molar-refractivity contribution in [3.05, 3.63) is 42.4 Å². The predicted molar refractivity (Wildman–Crippen MR) is 91.4 cm³/mol. The highest BCUT2D eigenvalue weighted by Gasteiger charge is 2.31. The van der Waals surface area contributed by atoms with Crippen LogP contribution in [0.25, 0.3) is 0 Å². The molecule has 0 atom stereocenters. The Morgan fingerprint density at radius 3 is 2.71 bits per heavy atom. The molecule has 6 nitrogen and oxygen atoms in total. The number of anilines is 1. The molecule has 1 amide bonds. The molecule has 6 heteroatoms. The summed E-state index contributed by atoms with van der Waals surface area (Å²) in [6.45, 7) is 0.740. The average molecular weight is 328 g/mol. The monoisotopic (exact) mass is 328 g/mol. The third kappa shape index (κ3) is 4.64. The molecule has 1 fully saturated rings. The number of amides is 1. The number of hydrogen-bond acceptors (Lipinski definition) is 4. The Balaban J connectivity index is 1.49. The lowest BCUT2D eigenvalue weighted by molar-refractivity contribution is -0.122. The molecule has 1 aliphatic rings. The predicted octanol–water partition coefficient (Wildman–Crippen LogP) is 2.54. The minimum atomic E-state index is -0.841. The van der Waals surface area contributed by atoms with Gasteiger partial charge in [0.05, 0.1) is 12.0 Å². The van der Waals surface area contributed by atoms with Crippen LogP contribution in [-0.4, -0.2) is 31.4 Å². The number of aliphatic hydroxyl groups is 1. The van der Waals surface area contributed by atoms with Crippen molar-refractivity contribution in [1.29, 1.82) is 0 Å². The molecule has 0 radical (unpaired) electrons. The van der Waals surface area contributed by atoms with Gasteiger partial charge in [-0.05, 0) is 37.0 Å². The summed E-state index contributed by atoms with van der Waals surface area (Å²) in [5.74, 6) is 0.368. The molecular formula is C18H24N4O2. The summed E-state index contributed by atoms with van der Waals surface area (Å²) in [4.78, 5) is 16.1. The summed E-state index contributed by atoms with van der Waals surface area (Å²) in [7, 11) is 0. The van der Waals surface area contributed by atoms with E-state index in [0.29, 0.717) is 18.7 Å². The summed E-state index contributed by atoms with van der Waals surface area (Å²) < 4.78 is 1.81. The molecule has 1 aliphatic carbocycles. The molecule has 0 aromatic carbocycles. The van der Waals surface area contributed by atoms with Crippen LogP contribution in [0.2, 0.25) is 0 Å². The van der Waals surface area contributed by atoms with Crippen LogP contribution < -0.4 is 5.32 Å². The van der Waals surface area contributed by atoms with E-state index in [0.717, 1.165) is 32.2 Å². The molecule has 0 saturated heterocycles. The molecule has 3 rings (SSSR count). The highest BCUT2D eigenvalue weighted by atomic mass is 16.3. The van der Waals surface area contributed by atoms with Crippen molar-refractivity contribution in [3.8, 4) is 0 Å². The Hall–Kier alpha value is -2.21. The third-order valence-corrected chi connectivity index (χ3v) is 4.56. The Kier molecular flexibility index (Phi) is 5.25. The molecule has 2 aromatic heterocycles. The number of aromatic nitrogens is 3. The van der Waals surface area contributed by atoms with Crippen molar-refractivity contribution in [3.63, 3.8) is 0 Å². The molecule has 1 saturated carbocycles. The van der Waals surface area contributed by atoms with Crippen molar-refractivity contribution in [1.82, 2.24) is 14.8 Å². The third-order valence-electron chi connectivity index (χ3n) is 4.56. The Morgan fingerprint density at radius 1 is 1.21 bits per heavy atom. The zero-order chi connectivity index (χ0) is 16.8. The summed E-state index contributed by atoms with van der Waals surface area (Å²) in [6, 6.07) is 5.75. The highest BCUT2D eigenvalue weighted by molar-refractivity contribution is 5.90. The standard InChI is InChI=1S/C18H24N4O2/c23-17(14-18(24)8-2-1-3-9-18)20-16-7-13-22(21-16)12-6-15-4-10-19-11-5-15/h4-5,7,10-11,13,24H,1-3,6,8-9,12,14H2,(H,20,21,23). The first-order valence-corrected chi connectivity index (χ1v) is 8.58. The van der Waals surface area contributed by atoms with Crippen molar-refractivity contribution >= 4 is 11.7 Å². The number of nitrogens with zero attached hydrogens (tertiary/aromatic N) is 3. The SMILES string of the molecule is O=C(CC1(O)CCCCC1)Nc1ccn(CCc2ccncc2)n1. The average Bonchev–Trinajstić information content (AvgIpc) is 3.01. The van der Waals surface area contributed by atoms with Crippen molar-refractivity contribution in [2.24, 2.45) is 0 Å². The van der Waals surface area contributed by atoms with Crippen LogP contribution in [0.4, 0.5) is 5.82 Å². The zero-order valence-corrected chi connectivity index (χ0v) is 13.8. The normalized spacial score (nSPS) is 16.7. The fraction of sp³-hybridized carbons (Fsp3) is 0.500. The summed E-state index contributed by atoms with van der Waals surface area (Å²) >= 11 is 0. The minimum Gasteiger partial charge on any atom is -0.389 e. The molecule has 0 aliphatic heterocycles. The van der Waals surface area contributed by atoms with Gasteiger partial charge in [0.2, 0.25) is 5.91 Å². The summed E-state index contributed by atoms with van der Waals surface area (Å²) in [5, 5.41) is 17.6. The quantitative estimate of drug-likeness (QED) is 0.854. The van der Waals surface area contributed by atoms with E-state index in [1.807, 2.05) is 23.0 Å². The second-order valence-electron chi connectivity index (χ2n) is 6.58. The Labute approximate surface area is 141 Å². The van der Waals surface area contributed by atoms with E-state index in [1.165, 1.54) is 5.56 Å². The van der Waals surface area contributed by atoms with Crippen LogP contribution in [0, 0.1) is 0 Å². The molecule has 2 N–H and O–H groups in total. The number of carbonyl (C=O) groups excluding carboxylic acids is 1. The summed E-state index contributed by atoms with van der Waals surface area (Å²) in [6.07, 6.45) is 11.0. The van der Waals surface area contributed by atoms with Gasteiger partial charge in [0.1, 0.15) is 0 Å². The Morgan fingerprint density at radius 2 is 1.96 bits per heavy atom. The van der Waals surface area contributed by atoms with Crippen LogP contribution in [0.5, 0.6) is 0 Å². The van der Waals surface area contributed by atoms with Gasteiger partial charge in [-0.15, -0.1) is 0 Å². The van der Waals surface area contributed by atoms with Gasteiger partial charge in [-0.3, -0.25) is 14.5 Å².